The van der Waals surface area contributed by atoms with Crippen LogP contribution in [0.4, 0.5) is 5.69 Å². The van der Waals surface area contributed by atoms with E-state index in [9.17, 15) is 4.79 Å². The van der Waals surface area contributed by atoms with E-state index in [1.54, 1.807) is 0 Å². The van der Waals surface area contributed by atoms with Gasteiger partial charge in [-0.25, -0.2) is 0 Å². The van der Waals surface area contributed by atoms with E-state index in [-0.39, 0.29) is 5.91 Å². The van der Waals surface area contributed by atoms with Crippen LogP contribution in [-0.2, 0) is 0 Å². The summed E-state index contributed by atoms with van der Waals surface area (Å²) < 4.78 is 0. The standard InChI is InChI=1S/C15H23N3O/c1-11-8-9-14(18-16)13(10-11)15(19)17-12-6-4-2-3-5-7-12/h8-10,12,18H,2-7,16H2,1H3,(H,17,19). The number of rotatable bonds is 3. The molecule has 1 aromatic carbocycles. The van der Waals surface area contributed by atoms with Crippen LogP contribution in [0, 0.1) is 6.92 Å². The summed E-state index contributed by atoms with van der Waals surface area (Å²) in [5, 5.41) is 3.14. The number of aryl methyl sites for hydroxylation is 1. The normalized spacial score (nSPS) is 16.7. The number of hydrogen-bond donors (Lipinski definition) is 3. The fraction of sp³-hybridized carbons (Fsp3) is 0.533. The lowest BCUT2D eigenvalue weighted by Gasteiger charge is -2.17. The molecule has 19 heavy (non-hydrogen) atoms. The van der Waals surface area contributed by atoms with Crippen molar-refractivity contribution in [2.75, 3.05) is 5.43 Å². The molecule has 1 aliphatic carbocycles. The number of nitrogens with two attached hydrogens (primary N) is 1. The van der Waals surface area contributed by atoms with Crippen LogP contribution < -0.4 is 16.6 Å². The van der Waals surface area contributed by atoms with Crippen LogP contribution in [0.2, 0.25) is 0 Å². The maximum absolute atomic E-state index is 12.4. The van der Waals surface area contributed by atoms with Crippen molar-refractivity contribution < 1.29 is 4.79 Å². The minimum Gasteiger partial charge on any atom is -0.349 e. The Morgan fingerprint density at radius 3 is 2.53 bits per heavy atom. The number of carbonyl (C=O) groups is 1. The molecule has 0 spiro atoms. The number of amides is 1. The minimum absolute atomic E-state index is 0.0245. The second kappa shape index (κ2) is 6.57. The van der Waals surface area contributed by atoms with Crippen molar-refractivity contribution >= 4 is 11.6 Å². The molecule has 1 amide bonds. The van der Waals surface area contributed by atoms with Crippen LogP contribution in [0.1, 0.15) is 54.4 Å². The van der Waals surface area contributed by atoms with Gasteiger partial charge < -0.3 is 10.7 Å². The average molecular weight is 261 g/mol. The lowest BCUT2D eigenvalue weighted by Crippen LogP contribution is -2.35. The highest BCUT2D eigenvalue weighted by Crippen LogP contribution is 2.20. The van der Waals surface area contributed by atoms with Crippen molar-refractivity contribution in [3.63, 3.8) is 0 Å². The van der Waals surface area contributed by atoms with Gasteiger partial charge in [-0.1, -0.05) is 37.3 Å². The van der Waals surface area contributed by atoms with Crippen molar-refractivity contribution in [1.29, 1.82) is 0 Å². The summed E-state index contributed by atoms with van der Waals surface area (Å²) >= 11 is 0. The molecular formula is C15H23N3O. The summed E-state index contributed by atoms with van der Waals surface area (Å²) in [7, 11) is 0. The van der Waals surface area contributed by atoms with E-state index in [2.05, 4.69) is 10.7 Å². The van der Waals surface area contributed by atoms with Crippen LogP contribution in [0.25, 0.3) is 0 Å². The molecule has 0 saturated heterocycles. The Kier molecular flexibility index (Phi) is 4.80. The molecule has 0 aromatic heterocycles. The van der Waals surface area contributed by atoms with E-state index in [0.717, 1.165) is 18.4 Å². The third-order valence-electron chi connectivity index (χ3n) is 3.77. The first-order valence-corrected chi connectivity index (χ1v) is 7.09. The molecule has 1 fully saturated rings. The summed E-state index contributed by atoms with van der Waals surface area (Å²) in [6.07, 6.45) is 7.16. The first-order chi connectivity index (χ1) is 9.20. The zero-order chi connectivity index (χ0) is 13.7. The molecule has 4 N–H and O–H groups in total. The van der Waals surface area contributed by atoms with Crippen molar-refractivity contribution in [2.24, 2.45) is 5.84 Å². The van der Waals surface area contributed by atoms with E-state index in [1.807, 2.05) is 25.1 Å². The Morgan fingerprint density at radius 1 is 1.21 bits per heavy atom. The second-order valence-corrected chi connectivity index (χ2v) is 5.36. The molecule has 4 nitrogen and oxygen atoms in total. The number of hydrogen-bond acceptors (Lipinski definition) is 3. The van der Waals surface area contributed by atoms with Gasteiger partial charge in [0.2, 0.25) is 0 Å². The molecule has 2 rings (SSSR count). The van der Waals surface area contributed by atoms with Crippen LogP contribution in [-0.4, -0.2) is 11.9 Å². The molecule has 0 unspecified atom stereocenters. The predicted molar refractivity (Wildman–Crippen MR) is 77.9 cm³/mol. The van der Waals surface area contributed by atoms with Gasteiger partial charge in [0.05, 0.1) is 11.3 Å². The van der Waals surface area contributed by atoms with Gasteiger partial charge in [0.25, 0.3) is 5.91 Å². The Bertz CT molecular complexity index is 437. The first-order valence-electron chi connectivity index (χ1n) is 7.09. The molecular weight excluding hydrogens is 238 g/mol. The lowest BCUT2D eigenvalue weighted by atomic mass is 10.1. The first kappa shape index (κ1) is 13.9. The summed E-state index contributed by atoms with van der Waals surface area (Å²) in [5.74, 6) is 5.44. The Hall–Kier alpha value is -1.55. The highest BCUT2D eigenvalue weighted by atomic mass is 16.1. The largest absolute Gasteiger partial charge is 0.349 e. The smallest absolute Gasteiger partial charge is 0.253 e. The van der Waals surface area contributed by atoms with E-state index >= 15 is 0 Å². The van der Waals surface area contributed by atoms with E-state index in [0.29, 0.717) is 17.3 Å². The highest BCUT2D eigenvalue weighted by Gasteiger charge is 2.17. The zero-order valence-electron chi connectivity index (χ0n) is 11.5. The number of nitrogen functional groups attached to an aromatic ring is 1. The maximum Gasteiger partial charge on any atom is 0.253 e. The number of anilines is 1. The van der Waals surface area contributed by atoms with E-state index in [4.69, 9.17) is 5.84 Å². The quantitative estimate of drug-likeness (QED) is 0.445. The van der Waals surface area contributed by atoms with Crippen LogP contribution in [0.15, 0.2) is 18.2 Å². The van der Waals surface area contributed by atoms with Crippen molar-refractivity contribution in [3.05, 3.63) is 29.3 Å². The molecule has 0 radical (unpaired) electrons. The predicted octanol–water partition coefficient (Wildman–Crippen LogP) is 2.73. The average Bonchev–Trinajstić information content (AvgIpc) is 2.67. The Balaban J connectivity index is 2.08. The van der Waals surface area contributed by atoms with Crippen molar-refractivity contribution in [2.45, 2.75) is 51.5 Å². The van der Waals surface area contributed by atoms with Crippen LogP contribution >= 0.6 is 0 Å². The van der Waals surface area contributed by atoms with Gasteiger partial charge in [0, 0.05) is 6.04 Å². The topological polar surface area (TPSA) is 67.1 Å². The third-order valence-corrected chi connectivity index (χ3v) is 3.77. The molecule has 0 aliphatic heterocycles. The number of hydrazine groups is 1. The highest BCUT2D eigenvalue weighted by molar-refractivity contribution is 5.99. The summed E-state index contributed by atoms with van der Waals surface area (Å²) in [5.41, 5.74) is 4.96. The monoisotopic (exact) mass is 261 g/mol. The van der Waals surface area contributed by atoms with Crippen molar-refractivity contribution in [1.82, 2.24) is 5.32 Å². The van der Waals surface area contributed by atoms with Crippen LogP contribution in [0.3, 0.4) is 0 Å². The maximum atomic E-state index is 12.4. The molecule has 104 valence electrons. The Labute approximate surface area is 114 Å². The number of benzene rings is 1. The second-order valence-electron chi connectivity index (χ2n) is 5.36. The molecule has 1 saturated carbocycles. The fourth-order valence-corrected chi connectivity index (χ4v) is 2.66. The summed E-state index contributed by atoms with van der Waals surface area (Å²) in [6, 6.07) is 5.97. The van der Waals surface area contributed by atoms with Gasteiger partial charge in [0.15, 0.2) is 0 Å². The van der Waals surface area contributed by atoms with Gasteiger partial charge in [0.1, 0.15) is 0 Å². The zero-order valence-corrected chi connectivity index (χ0v) is 11.5. The van der Waals surface area contributed by atoms with Gasteiger partial charge >= 0.3 is 0 Å². The van der Waals surface area contributed by atoms with E-state index < -0.39 is 0 Å². The molecule has 1 aliphatic rings. The Morgan fingerprint density at radius 2 is 1.89 bits per heavy atom. The molecule has 0 bridgehead atoms. The van der Waals surface area contributed by atoms with Crippen molar-refractivity contribution in [3.8, 4) is 0 Å². The van der Waals surface area contributed by atoms with Gasteiger partial charge in [-0.15, -0.1) is 0 Å². The molecule has 4 heteroatoms. The molecule has 0 heterocycles. The van der Waals surface area contributed by atoms with Gasteiger partial charge in [-0.2, -0.15) is 0 Å². The van der Waals surface area contributed by atoms with Crippen LogP contribution in [0.5, 0.6) is 0 Å². The molecule has 1 aromatic rings. The fourth-order valence-electron chi connectivity index (χ4n) is 2.66. The summed E-state index contributed by atoms with van der Waals surface area (Å²) in [4.78, 5) is 12.4. The third kappa shape index (κ3) is 3.70. The number of nitrogens with one attached hydrogen (secondary N) is 2. The lowest BCUT2D eigenvalue weighted by molar-refractivity contribution is 0.0934. The van der Waals surface area contributed by atoms with Gasteiger partial charge in [-0.3, -0.25) is 10.6 Å². The minimum atomic E-state index is -0.0245. The summed E-state index contributed by atoms with van der Waals surface area (Å²) in [6.45, 7) is 1.97. The number of carbonyl (C=O) groups excluding carboxylic acids is 1. The SMILES string of the molecule is Cc1ccc(NN)c(C(=O)NC2CCCCCC2)c1. The molecule has 0 atom stereocenters. The van der Waals surface area contributed by atoms with E-state index in [1.165, 1.54) is 25.7 Å². The van der Waals surface area contributed by atoms with Gasteiger partial charge in [-0.05, 0) is 31.9 Å².